The predicted octanol–water partition coefficient (Wildman–Crippen LogP) is 4.98. The third-order valence-electron chi connectivity index (χ3n) is 3.03. The molecule has 1 nitrogen and oxygen atoms in total. The zero-order valence-electron chi connectivity index (χ0n) is 10.1. The standard InChI is InChI=1S/C16H11ClOS/c17-13-5-1-3-11(9-13)10-15(18)14-6-2-4-12-7-8-19-16(12)14/h1-9H,10H2. The van der Waals surface area contributed by atoms with Crippen molar-refractivity contribution in [1.82, 2.24) is 0 Å². The van der Waals surface area contributed by atoms with Gasteiger partial charge in [-0.3, -0.25) is 4.79 Å². The van der Waals surface area contributed by atoms with E-state index in [1.807, 2.05) is 53.9 Å². The van der Waals surface area contributed by atoms with Gasteiger partial charge in [0.15, 0.2) is 5.78 Å². The van der Waals surface area contributed by atoms with E-state index in [1.54, 1.807) is 11.3 Å². The number of ketones is 1. The third kappa shape index (κ3) is 2.55. The average Bonchev–Trinajstić information content (AvgIpc) is 2.86. The van der Waals surface area contributed by atoms with E-state index in [0.717, 1.165) is 21.2 Å². The Bertz CT molecular complexity index is 745. The highest BCUT2D eigenvalue weighted by molar-refractivity contribution is 7.17. The van der Waals surface area contributed by atoms with Crippen molar-refractivity contribution in [3.63, 3.8) is 0 Å². The van der Waals surface area contributed by atoms with Crippen molar-refractivity contribution in [2.24, 2.45) is 0 Å². The van der Waals surface area contributed by atoms with Crippen molar-refractivity contribution in [2.75, 3.05) is 0 Å². The van der Waals surface area contributed by atoms with Gasteiger partial charge in [0.05, 0.1) is 0 Å². The van der Waals surface area contributed by atoms with Crippen LogP contribution in [0.15, 0.2) is 53.9 Å². The molecule has 0 aliphatic heterocycles. The molecule has 0 radical (unpaired) electrons. The monoisotopic (exact) mass is 286 g/mol. The van der Waals surface area contributed by atoms with Gasteiger partial charge in [-0.2, -0.15) is 0 Å². The van der Waals surface area contributed by atoms with E-state index in [9.17, 15) is 4.79 Å². The fourth-order valence-corrected chi connectivity index (χ4v) is 3.28. The topological polar surface area (TPSA) is 17.1 Å². The lowest BCUT2D eigenvalue weighted by Gasteiger charge is -2.03. The lowest BCUT2D eigenvalue weighted by molar-refractivity contribution is 0.0994. The van der Waals surface area contributed by atoms with E-state index < -0.39 is 0 Å². The van der Waals surface area contributed by atoms with Crippen LogP contribution in [0, 0.1) is 0 Å². The molecule has 94 valence electrons. The highest BCUT2D eigenvalue weighted by atomic mass is 35.5. The summed E-state index contributed by atoms with van der Waals surface area (Å²) in [4.78, 5) is 12.4. The van der Waals surface area contributed by atoms with Gasteiger partial charge in [0, 0.05) is 21.7 Å². The molecule has 2 aromatic carbocycles. The normalized spacial score (nSPS) is 10.8. The first-order valence-electron chi connectivity index (χ1n) is 5.98. The Morgan fingerprint density at radius 1 is 1.11 bits per heavy atom. The zero-order valence-corrected chi connectivity index (χ0v) is 11.7. The molecule has 3 aromatic rings. The maximum absolute atomic E-state index is 12.4. The maximum Gasteiger partial charge on any atom is 0.168 e. The smallest absolute Gasteiger partial charge is 0.168 e. The van der Waals surface area contributed by atoms with Gasteiger partial charge in [0.2, 0.25) is 0 Å². The molecule has 0 unspecified atom stereocenters. The molecule has 1 heterocycles. The van der Waals surface area contributed by atoms with Crippen LogP contribution in [0.1, 0.15) is 15.9 Å². The maximum atomic E-state index is 12.4. The Hall–Kier alpha value is -1.64. The van der Waals surface area contributed by atoms with Crippen LogP contribution < -0.4 is 0 Å². The van der Waals surface area contributed by atoms with Crippen molar-refractivity contribution in [3.05, 3.63) is 70.1 Å². The minimum atomic E-state index is 0.135. The van der Waals surface area contributed by atoms with Gasteiger partial charge < -0.3 is 0 Å². The van der Waals surface area contributed by atoms with Crippen LogP contribution in [0.2, 0.25) is 5.02 Å². The molecule has 0 saturated carbocycles. The predicted molar refractivity (Wildman–Crippen MR) is 81.3 cm³/mol. The van der Waals surface area contributed by atoms with Crippen molar-refractivity contribution < 1.29 is 4.79 Å². The van der Waals surface area contributed by atoms with E-state index in [1.165, 1.54) is 0 Å². The van der Waals surface area contributed by atoms with Gasteiger partial charge in [0.1, 0.15) is 0 Å². The van der Waals surface area contributed by atoms with Crippen LogP contribution in [0.4, 0.5) is 0 Å². The largest absolute Gasteiger partial charge is 0.294 e. The number of hydrogen-bond donors (Lipinski definition) is 0. The van der Waals surface area contributed by atoms with Crippen molar-refractivity contribution in [1.29, 1.82) is 0 Å². The molecule has 0 aliphatic carbocycles. The highest BCUT2D eigenvalue weighted by Gasteiger charge is 2.11. The molecule has 0 spiro atoms. The fourth-order valence-electron chi connectivity index (χ4n) is 2.14. The number of carbonyl (C=O) groups is 1. The first-order valence-corrected chi connectivity index (χ1v) is 7.24. The summed E-state index contributed by atoms with van der Waals surface area (Å²) in [6, 6.07) is 15.3. The number of hydrogen-bond acceptors (Lipinski definition) is 2. The SMILES string of the molecule is O=C(Cc1cccc(Cl)c1)c1cccc2ccsc12. The number of thiophene rings is 1. The first kappa shape index (κ1) is 12.4. The molecule has 3 heteroatoms. The molecule has 19 heavy (non-hydrogen) atoms. The summed E-state index contributed by atoms with van der Waals surface area (Å²) in [5, 5.41) is 3.81. The Morgan fingerprint density at radius 2 is 1.95 bits per heavy atom. The molecular formula is C16H11ClOS. The summed E-state index contributed by atoms with van der Waals surface area (Å²) in [7, 11) is 0. The Kier molecular flexibility index (Phi) is 3.36. The molecular weight excluding hydrogens is 276 g/mol. The highest BCUT2D eigenvalue weighted by Crippen LogP contribution is 2.26. The Balaban J connectivity index is 1.94. The van der Waals surface area contributed by atoms with Gasteiger partial charge >= 0.3 is 0 Å². The molecule has 0 atom stereocenters. The minimum absolute atomic E-state index is 0.135. The van der Waals surface area contributed by atoms with Gasteiger partial charge in [-0.05, 0) is 40.6 Å². The second kappa shape index (κ2) is 5.16. The second-order valence-electron chi connectivity index (χ2n) is 4.37. The van der Waals surface area contributed by atoms with Gasteiger partial charge in [-0.15, -0.1) is 11.3 Å². The lowest BCUT2D eigenvalue weighted by Crippen LogP contribution is -2.03. The summed E-state index contributed by atoms with van der Waals surface area (Å²) >= 11 is 7.55. The average molecular weight is 287 g/mol. The van der Waals surface area contributed by atoms with Crippen molar-refractivity contribution >= 4 is 38.8 Å². The minimum Gasteiger partial charge on any atom is -0.294 e. The molecule has 0 aliphatic rings. The molecule has 0 bridgehead atoms. The van der Waals surface area contributed by atoms with Crippen molar-refractivity contribution in [2.45, 2.75) is 6.42 Å². The number of benzene rings is 2. The molecule has 1 aromatic heterocycles. The number of halogens is 1. The van der Waals surface area contributed by atoms with E-state index in [2.05, 4.69) is 0 Å². The number of carbonyl (C=O) groups excluding carboxylic acids is 1. The first-order chi connectivity index (χ1) is 9.24. The Labute approximate surface area is 120 Å². The Morgan fingerprint density at radius 3 is 2.79 bits per heavy atom. The molecule has 0 saturated heterocycles. The van der Waals surface area contributed by atoms with Crippen molar-refractivity contribution in [3.8, 4) is 0 Å². The lowest BCUT2D eigenvalue weighted by atomic mass is 10.0. The van der Waals surface area contributed by atoms with Crippen LogP contribution in [-0.2, 0) is 6.42 Å². The zero-order chi connectivity index (χ0) is 13.2. The number of fused-ring (bicyclic) bond motifs is 1. The summed E-state index contributed by atoms with van der Waals surface area (Å²) in [5.74, 6) is 0.135. The quantitative estimate of drug-likeness (QED) is 0.621. The second-order valence-corrected chi connectivity index (χ2v) is 5.73. The van der Waals surface area contributed by atoms with Gasteiger partial charge in [-0.25, -0.2) is 0 Å². The molecule has 0 amide bonds. The number of Topliss-reactive ketones (excluding diaryl/α,β-unsaturated/α-hetero) is 1. The molecule has 0 fully saturated rings. The summed E-state index contributed by atoms with van der Waals surface area (Å²) in [6.07, 6.45) is 0.386. The number of rotatable bonds is 3. The van der Waals surface area contributed by atoms with Crippen LogP contribution in [0.25, 0.3) is 10.1 Å². The molecule has 0 N–H and O–H groups in total. The fraction of sp³-hybridized carbons (Fsp3) is 0.0625. The van der Waals surface area contributed by atoms with Gasteiger partial charge in [0.25, 0.3) is 0 Å². The van der Waals surface area contributed by atoms with Crippen LogP contribution >= 0.6 is 22.9 Å². The van der Waals surface area contributed by atoms with Gasteiger partial charge in [-0.1, -0.05) is 35.9 Å². The van der Waals surface area contributed by atoms with E-state index in [-0.39, 0.29) is 5.78 Å². The van der Waals surface area contributed by atoms with E-state index >= 15 is 0 Å². The third-order valence-corrected chi connectivity index (χ3v) is 4.23. The van der Waals surface area contributed by atoms with Crippen LogP contribution in [0.5, 0.6) is 0 Å². The van der Waals surface area contributed by atoms with Crippen LogP contribution in [-0.4, -0.2) is 5.78 Å². The summed E-state index contributed by atoms with van der Waals surface area (Å²) in [6.45, 7) is 0. The van der Waals surface area contributed by atoms with Crippen LogP contribution in [0.3, 0.4) is 0 Å². The molecule has 3 rings (SSSR count). The van der Waals surface area contributed by atoms with E-state index in [0.29, 0.717) is 11.4 Å². The van der Waals surface area contributed by atoms with E-state index in [4.69, 9.17) is 11.6 Å². The summed E-state index contributed by atoms with van der Waals surface area (Å²) < 4.78 is 1.06. The summed E-state index contributed by atoms with van der Waals surface area (Å²) in [5.41, 5.74) is 1.75.